The Morgan fingerprint density at radius 1 is 1.24 bits per heavy atom. The molecule has 3 heterocycles. The number of carbonyl (C=O) groups excluding carboxylic acids is 1. The van der Waals surface area contributed by atoms with Gasteiger partial charge < -0.3 is 14.3 Å². The molecule has 0 aromatic carbocycles. The van der Waals surface area contributed by atoms with Gasteiger partial charge in [0.1, 0.15) is 5.69 Å². The van der Waals surface area contributed by atoms with E-state index in [-0.39, 0.29) is 11.7 Å². The fourth-order valence-corrected chi connectivity index (χ4v) is 1.73. The average Bonchev–Trinajstić information content (AvgIpc) is 3.20. The van der Waals surface area contributed by atoms with Crippen LogP contribution in [0.3, 0.4) is 0 Å². The van der Waals surface area contributed by atoms with Gasteiger partial charge in [-0.1, -0.05) is 11.2 Å². The smallest absolute Gasteiger partial charge is 0.286 e. The van der Waals surface area contributed by atoms with Gasteiger partial charge in [0.05, 0.1) is 6.26 Å². The topological polar surface area (TPSA) is 94.1 Å². The van der Waals surface area contributed by atoms with E-state index in [1.807, 2.05) is 12.1 Å². The highest BCUT2D eigenvalue weighted by molar-refractivity contribution is 5.91. The molecule has 3 rings (SSSR count). The Morgan fingerprint density at radius 2 is 2.19 bits per heavy atom. The van der Waals surface area contributed by atoms with Crippen molar-refractivity contribution >= 4 is 5.91 Å². The molecule has 0 aliphatic carbocycles. The number of hydrogen-bond donors (Lipinski definition) is 1. The maximum Gasteiger partial charge on any atom is 0.286 e. The van der Waals surface area contributed by atoms with Crippen molar-refractivity contribution in [2.75, 3.05) is 6.54 Å². The predicted molar refractivity (Wildman–Crippen MR) is 72.3 cm³/mol. The van der Waals surface area contributed by atoms with Crippen LogP contribution in [-0.2, 0) is 6.42 Å². The van der Waals surface area contributed by atoms with Crippen LogP contribution in [0.1, 0.15) is 16.4 Å². The van der Waals surface area contributed by atoms with E-state index in [0.717, 1.165) is 0 Å². The van der Waals surface area contributed by atoms with Crippen molar-refractivity contribution in [2.45, 2.75) is 6.42 Å². The quantitative estimate of drug-likeness (QED) is 0.766. The molecule has 0 aliphatic rings. The van der Waals surface area contributed by atoms with Crippen molar-refractivity contribution in [1.29, 1.82) is 0 Å². The molecule has 0 spiro atoms. The lowest BCUT2D eigenvalue weighted by molar-refractivity contribution is 0.0925. The van der Waals surface area contributed by atoms with Crippen molar-refractivity contribution in [3.05, 3.63) is 54.4 Å². The average molecular weight is 284 g/mol. The molecule has 3 aromatic rings. The number of aromatic nitrogens is 3. The minimum absolute atomic E-state index is 0.273. The van der Waals surface area contributed by atoms with Crippen LogP contribution in [0.5, 0.6) is 0 Å². The SMILES string of the molecule is O=C(NCCc1nc(-c2ccccn2)no1)c1ccco1. The molecule has 7 nitrogen and oxygen atoms in total. The molecule has 1 amide bonds. The Labute approximate surface area is 120 Å². The van der Waals surface area contributed by atoms with Gasteiger partial charge in [0.15, 0.2) is 5.76 Å². The second-order valence-electron chi connectivity index (χ2n) is 4.21. The van der Waals surface area contributed by atoms with Crippen LogP contribution in [0.2, 0.25) is 0 Å². The molecular formula is C14H12N4O3. The van der Waals surface area contributed by atoms with Gasteiger partial charge in [-0.25, -0.2) is 0 Å². The van der Waals surface area contributed by atoms with Gasteiger partial charge >= 0.3 is 0 Å². The van der Waals surface area contributed by atoms with E-state index in [1.54, 1.807) is 24.4 Å². The maximum absolute atomic E-state index is 11.6. The first-order valence-electron chi connectivity index (χ1n) is 6.38. The molecule has 0 fully saturated rings. The Morgan fingerprint density at radius 3 is 2.95 bits per heavy atom. The van der Waals surface area contributed by atoms with E-state index < -0.39 is 0 Å². The van der Waals surface area contributed by atoms with Crippen LogP contribution < -0.4 is 5.32 Å². The summed E-state index contributed by atoms with van der Waals surface area (Å²) < 4.78 is 10.1. The third-order valence-electron chi connectivity index (χ3n) is 2.73. The fourth-order valence-electron chi connectivity index (χ4n) is 1.73. The minimum atomic E-state index is -0.274. The maximum atomic E-state index is 11.6. The molecule has 106 valence electrons. The van der Waals surface area contributed by atoms with Crippen molar-refractivity contribution in [3.63, 3.8) is 0 Å². The monoisotopic (exact) mass is 284 g/mol. The molecule has 3 aromatic heterocycles. The van der Waals surface area contributed by atoms with Gasteiger partial charge in [-0.2, -0.15) is 4.98 Å². The number of nitrogens with one attached hydrogen (secondary N) is 1. The van der Waals surface area contributed by atoms with E-state index in [4.69, 9.17) is 8.94 Å². The molecule has 0 radical (unpaired) electrons. The first kappa shape index (κ1) is 13.0. The Hall–Kier alpha value is -2.96. The molecule has 0 atom stereocenters. The van der Waals surface area contributed by atoms with Gasteiger partial charge in [0.25, 0.3) is 5.91 Å². The summed E-state index contributed by atoms with van der Waals surface area (Å²) in [5, 5.41) is 6.56. The summed E-state index contributed by atoms with van der Waals surface area (Å²) in [5.41, 5.74) is 0.645. The van der Waals surface area contributed by atoms with Crippen LogP contribution >= 0.6 is 0 Å². The van der Waals surface area contributed by atoms with Crippen LogP contribution in [0.25, 0.3) is 11.5 Å². The number of pyridine rings is 1. The van der Waals surface area contributed by atoms with Crippen LogP contribution in [0.4, 0.5) is 0 Å². The van der Waals surface area contributed by atoms with Gasteiger partial charge in [0, 0.05) is 19.2 Å². The molecule has 1 N–H and O–H groups in total. The van der Waals surface area contributed by atoms with Gasteiger partial charge in [-0.15, -0.1) is 0 Å². The fraction of sp³-hybridized carbons (Fsp3) is 0.143. The lowest BCUT2D eigenvalue weighted by atomic mass is 10.3. The van der Waals surface area contributed by atoms with E-state index >= 15 is 0 Å². The summed E-state index contributed by atoms with van der Waals surface area (Å²) >= 11 is 0. The molecule has 0 saturated heterocycles. The zero-order valence-electron chi connectivity index (χ0n) is 11.0. The highest BCUT2D eigenvalue weighted by atomic mass is 16.5. The predicted octanol–water partition coefficient (Wildman–Crippen LogP) is 1.70. The van der Waals surface area contributed by atoms with Crippen molar-refractivity contribution in [1.82, 2.24) is 20.4 Å². The highest BCUT2D eigenvalue weighted by Crippen LogP contribution is 2.11. The Bertz CT molecular complexity index is 707. The summed E-state index contributed by atoms with van der Waals surface area (Å²) in [4.78, 5) is 20.0. The van der Waals surface area contributed by atoms with Gasteiger partial charge in [0.2, 0.25) is 11.7 Å². The number of rotatable bonds is 5. The van der Waals surface area contributed by atoms with Gasteiger partial charge in [-0.3, -0.25) is 9.78 Å². The minimum Gasteiger partial charge on any atom is -0.459 e. The zero-order valence-corrected chi connectivity index (χ0v) is 11.0. The Kier molecular flexibility index (Phi) is 3.72. The van der Waals surface area contributed by atoms with Crippen molar-refractivity contribution in [3.8, 4) is 11.5 Å². The molecule has 21 heavy (non-hydrogen) atoms. The van der Waals surface area contributed by atoms with E-state index in [0.29, 0.717) is 30.4 Å². The van der Waals surface area contributed by atoms with E-state index in [9.17, 15) is 4.79 Å². The van der Waals surface area contributed by atoms with Crippen molar-refractivity contribution < 1.29 is 13.7 Å². The first-order valence-corrected chi connectivity index (χ1v) is 6.38. The second kappa shape index (κ2) is 6.00. The van der Waals surface area contributed by atoms with Crippen molar-refractivity contribution in [2.24, 2.45) is 0 Å². The van der Waals surface area contributed by atoms with Crippen LogP contribution in [-0.4, -0.2) is 27.6 Å². The number of nitrogens with zero attached hydrogens (tertiary/aromatic N) is 3. The normalized spacial score (nSPS) is 10.5. The first-order chi connectivity index (χ1) is 10.3. The standard InChI is InChI=1S/C14H12N4O3/c19-14(11-5-3-9-20-11)16-8-6-12-17-13(18-21-12)10-4-1-2-7-15-10/h1-5,7,9H,6,8H2,(H,16,19). The number of hydrogen-bond acceptors (Lipinski definition) is 6. The lowest BCUT2D eigenvalue weighted by Crippen LogP contribution is -2.25. The molecular weight excluding hydrogens is 272 g/mol. The summed E-state index contributed by atoms with van der Waals surface area (Å²) in [6, 6.07) is 8.72. The van der Waals surface area contributed by atoms with E-state index in [2.05, 4.69) is 20.4 Å². The van der Waals surface area contributed by atoms with E-state index in [1.165, 1.54) is 6.26 Å². The van der Waals surface area contributed by atoms with Crippen LogP contribution in [0, 0.1) is 0 Å². The molecule has 0 saturated carbocycles. The van der Waals surface area contributed by atoms with Gasteiger partial charge in [-0.05, 0) is 24.3 Å². The summed E-state index contributed by atoms with van der Waals surface area (Å²) in [5.74, 6) is 0.873. The number of carbonyl (C=O) groups is 1. The molecule has 0 unspecified atom stereocenters. The number of amides is 1. The Balaban J connectivity index is 1.55. The van der Waals surface area contributed by atoms with Crippen LogP contribution in [0.15, 0.2) is 51.7 Å². The summed E-state index contributed by atoms with van der Waals surface area (Å²) in [6.45, 7) is 0.378. The summed E-state index contributed by atoms with van der Waals surface area (Å²) in [7, 11) is 0. The second-order valence-corrected chi connectivity index (χ2v) is 4.21. The third-order valence-corrected chi connectivity index (χ3v) is 2.73. The third kappa shape index (κ3) is 3.14. The largest absolute Gasteiger partial charge is 0.459 e. The molecule has 0 bridgehead atoms. The molecule has 7 heteroatoms. The lowest BCUT2D eigenvalue weighted by Gasteiger charge is -1.99. The summed E-state index contributed by atoms with van der Waals surface area (Å²) in [6.07, 6.45) is 3.55. The highest BCUT2D eigenvalue weighted by Gasteiger charge is 2.11. The zero-order chi connectivity index (χ0) is 14.5. The molecule has 0 aliphatic heterocycles. The number of furan rings is 1.